The van der Waals surface area contributed by atoms with Gasteiger partial charge in [0.1, 0.15) is 16.6 Å². The van der Waals surface area contributed by atoms with E-state index in [9.17, 15) is 4.79 Å². The van der Waals surface area contributed by atoms with E-state index in [0.29, 0.717) is 11.6 Å². The maximum Gasteiger partial charge on any atom is 0.249 e. The van der Waals surface area contributed by atoms with Crippen molar-refractivity contribution in [3.8, 4) is 10.6 Å². The number of hydrogen-bond acceptors (Lipinski definition) is 6. The molecule has 4 rings (SSSR count). The summed E-state index contributed by atoms with van der Waals surface area (Å²) in [5.74, 6) is 1.24. The highest BCUT2D eigenvalue weighted by atomic mass is 32.1. The number of hydrogen-bond donors (Lipinski definition) is 2. The molecule has 0 bridgehead atoms. The van der Waals surface area contributed by atoms with Crippen molar-refractivity contribution in [1.29, 1.82) is 0 Å². The second-order valence-corrected chi connectivity index (χ2v) is 6.83. The lowest BCUT2D eigenvalue weighted by Gasteiger charge is -2.05. The summed E-state index contributed by atoms with van der Waals surface area (Å²) >= 11 is 1.59. The lowest BCUT2D eigenvalue weighted by Crippen LogP contribution is -2.08. The topological polar surface area (TPSA) is 83.6 Å². The summed E-state index contributed by atoms with van der Waals surface area (Å²) < 4.78 is 1.01. The molecule has 2 N–H and O–H groups in total. The van der Waals surface area contributed by atoms with E-state index in [4.69, 9.17) is 4.98 Å². The van der Waals surface area contributed by atoms with E-state index in [-0.39, 0.29) is 5.56 Å². The van der Waals surface area contributed by atoms with Crippen molar-refractivity contribution < 1.29 is 0 Å². The minimum absolute atomic E-state index is 0.146. The van der Waals surface area contributed by atoms with Gasteiger partial charge in [0, 0.05) is 35.8 Å². The molecular formula is C18H15N5OS. The number of nitrogens with one attached hydrogen (secondary N) is 2. The molecule has 0 aliphatic heterocycles. The fourth-order valence-electron chi connectivity index (χ4n) is 2.59. The molecule has 6 nitrogen and oxygen atoms in total. The van der Waals surface area contributed by atoms with Crippen LogP contribution in [0.4, 0.5) is 11.6 Å². The number of thiazole rings is 1. The Morgan fingerprint density at radius 2 is 2.00 bits per heavy atom. The Morgan fingerprint density at radius 1 is 1.12 bits per heavy atom. The van der Waals surface area contributed by atoms with Crippen LogP contribution in [0.1, 0.15) is 11.3 Å². The number of aromatic amines is 1. The first kappa shape index (κ1) is 15.5. The Bertz CT molecular complexity index is 1130. The fraction of sp³-hybridized carbons (Fsp3) is 0.111. The van der Waals surface area contributed by atoms with Gasteiger partial charge in [-0.05, 0) is 37.6 Å². The average Bonchev–Trinajstić information content (AvgIpc) is 2.97. The number of aryl methyl sites for hydroxylation is 2. The van der Waals surface area contributed by atoms with Gasteiger partial charge >= 0.3 is 0 Å². The van der Waals surface area contributed by atoms with Crippen LogP contribution >= 0.6 is 11.3 Å². The first-order valence-electron chi connectivity index (χ1n) is 7.74. The number of pyridine rings is 3. The van der Waals surface area contributed by atoms with Gasteiger partial charge in [-0.25, -0.2) is 9.97 Å². The molecule has 0 atom stereocenters. The average molecular weight is 349 g/mol. The van der Waals surface area contributed by atoms with E-state index in [0.717, 1.165) is 32.0 Å². The normalized spacial score (nSPS) is 11.0. The molecule has 0 fully saturated rings. The molecule has 0 spiro atoms. The quantitative estimate of drug-likeness (QED) is 0.588. The second-order valence-electron chi connectivity index (χ2n) is 5.80. The van der Waals surface area contributed by atoms with Crippen LogP contribution < -0.4 is 10.9 Å². The summed E-state index contributed by atoms with van der Waals surface area (Å²) in [6.07, 6.45) is 3.58. The van der Waals surface area contributed by atoms with Crippen LogP contribution in [-0.2, 0) is 0 Å². The van der Waals surface area contributed by atoms with Gasteiger partial charge in [-0.1, -0.05) is 0 Å². The van der Waals surface area contributed by atoms with Crippen molar-refractivity contribution in [1.82, 2.24) is 19.9 Å². The molecule has 0 radical (unpaired) electrons. The predicted molar refractivity (Wildman–Crippen MR) is 100 cm³/mol. The zero-order valence-electron chi connectivity index (χ0n) is 13.7. The smallest absolute Gasteiger partial charge is 0.249 e. The molecule has 7 heteroatoms. The van der Waals surface area contributed by atoms with Crippen LogP contribution in [0.3, 0.4) is 0 Å². The summed E-state index contributed by atoms with van der Waals surface area (Å²) in [5, 5.41) is 4.06. The zero-order chi connectivity index (χ0) is 17.4. The highest BCUT2D eigenvalue weighted by Crippen LogP contribution is 2.31. The highest BCUT2D eigenvalue weighted by molar-refractivity contribution is 7.21. The largest absolute Gasteiger partial charge is 0.326 e. The molecular weight excluding hydrogens is 334 g/mol. The summed E-state index contributed by atoms with van der Waals surface area (Å²) in [4.78, 5) is 27.7. The molecule has 4 aromatic rings. The van der Waals surface area contributed by atoms with E-state index in [1.807, 2.05) is 38.1 Å². The van der Waals surface area contributed by atoms with Crippen molar-refractivity contribution in [2.75, 3.05) is 5.32 Å². The number of rotatable bonds is 3. The van der Waals surface area contributed by atoms with Crippen molar-refractivity contribution >= 4 is 33.2 Å². The number of aromatic nitrogens is 4. The van der Waals surface area contributed by atoms with Crippen LogP contribution in [-0.4, -0.2) is 19.9 Å². The summed E-state index contributed by atoms with van der Waals surface area (Å²) in [6, 6.07) is 9.26. The lowest BCUT2D eigenvalue weighted by molar-refractivity contribution is 1.19. The van der Waals surface area contributed by atoms with Crippen molar-refractivity contribution in [3.63, 3.8) is 0 Å². The van der Waals surface area contributed by atoms with Crippen molar-refractivity contribution in [2.45, 2.75) is 13.8 Å². The number of H-pyrrole nitrogens is 1. The fourth-order valence-corrected chi connectivity index (χ4v) is 3.50. The van der Waals surface area contributed by atoms with Gasteiger partial charge in [0.25, 0.3) is 0 Å². The molecule has 0 amide bonds. The van der Waals surface area contributed by atoms with Crippen molar-refractivity contribution in [3.05, 3.63) is 64.3 Å². The summed E-state index contributed by atoms with van der Waals surface area (Å²) in [7, 11) is 0. The van der Waals surface area contributed by atoms with E-state index in [1.165, 1.54) is 0 Å². The predicted octanol–water partition coefficient (Wildman–Crippen LogP) is 3.80. The van der Waals surface area contributed by atoms with Crippen LogP contribution in [0.15, 0.2) is 47.5 Å². The van der Waals surface area contributed by atoms with Gasteiger partial charge in [-0.3, -0.25) is 9.78 Å². The second kappa shape index (κ2) is 6.10. The van der Waals surface area contributed by atoms with Crippen LogP contribution in [0, 0.1) is 13.8 Å². The molecule has 25 heavy (non-hydrogen) atoms. The van der Waals surface area contributed by atoms with E-state index in [2.05, 4.69) is 20.3 Å². The van der Waals surface area contributed by atoms with Gasteiger partial charge in [0.2, 0.25) is 5.56 Å². The van der Waals surface area contributed by atoms with Gasteiger partial charge in [-0.2, -0.15) is 0 Å². The summed E-state index contributed by atoms with van der Waals surface area (Å²) in [6.45, 7) is 3.84. The molecule has 0 aliphatic carbocycles. The monoisotopic (exact) mass is 349 g/mol. The van der Waals surface area contributed by atoms with Gasteiger partial charge in [0.05, 0.1) is 10.2 Å². The molecule has 4 aromatic heterocycles. The summed E-state index contributed by atoms with van der Waals surface area (Å²) in [5.41, 5.74) is 3.61. The Balaban J connectivity index is 1.69. The number of anilines is 2. The molecule has 0 saturated heterocycles. The maximum atomic E-state index is 11.6. The molecule has 4 heterocycles. The van der Waals surface area contributed by atoms with E-state index >= 15 is 0 Å². The van der Waals surface area contributed by atoms with Crippen LogP contribution in [0.5, 0.6) is 0 Å². The van der Waals surface area contributed by atoms with Crippen molar-refractivity contribution in [2.24, 2.45) is 0 Å². The first-order chi connectivity index (χ1) is 12.1. The Hall–Kier alpha value is -3.06. The maximum absolute atomic E-state index is 11.6. The zero-order valence-corrected chi connectivity index (χ0v) is 14.5. The first-order valence-corrected chi connectivity index (χ1v) is 8.56. The van der Waals surface area contributed by atoms with Crippen LogP contribution in [0.25, 0.3) is 20.8 Å². The standard InChI is InChI=1S/C18H15N5OS/c1-10-5-16(23-17(24)6-10)22-15-8-13-14(9-20-15)25-18(21-13)12-3-4-19-11(2)7-12/h3-9H,1-2H3,(H2,20,22,23,24). The molecule has 0 aromatic carbocycles. The third-order valence-electron chi connectivity index (χ3n) is 3.67. The molecule has 124 valence electrons. The molecule has 0 aliphatic rings. The molecule has 0 saturated carbocycles. The van der Waals surface area contributed by atoms with Gasteiger partial charge in [0.15, 0.2) is 0 Å². The van der Waals surface area contributed by atoms with E-state index < -0.39 is 0 Å². The SMILES string of the molecule is Cc1cc(Nc2cc3nc(-c4ccnc(C)c4)sc3cn2)[nH]c(=O)c1. The Morgan fingerprint density at radius 3 is 2.80 bits per heavy atom. The van der Waals surface area contributed by atoms with Crippen LogP contribution in [0.2, 0.25) is 0 Å². The third kappa shape index (κ3) is 3.27. The lowest BCUT2D eigenvalue weighted by atomic mass is 10.2. The number of nitrogens with zero attached hydrogens (tertiary/aromatic N) is 3. The third-order valence-corrected chi connectivity index (χ3v) is 4.73. The molecule has 0 unspecified atom stereocenters. The highest BCUT2D eigenvalue weighted by Gasteiger charge is 2.09. The Kier molecular flexibility index (Phi) is 3.77. The van der Waals surface area contributed by atoms with Gasteiger partial charge < -0.3 is 10.3 Å². The minimum Gasteiger partial charge on any atom is -0.326 e. The minimum atomic E-state index is -0.146. The Labute approximate surface area is 147 Å². The van der Waals surface area contributed by atoms with E-state index in [1.54, 1.807) is 29.8 Å². The van der Waals surface area contributed by atoms with Gasteiger partial charge in [-0.15, -0.1) is 11.3 Å². The number of fused-ring (bicyclic) bond motifs is 1.